The van der Waals surface area contributed by atoms with Crippen LogP contribution in [0.5, 0.6) is 11.5 Å². The Morgan fingerprint density at radius 2 is 1.83 bits per heavy atom. The van der Waals surface area contributed by atoms with E-state index in [9.17, 15) is 9.90 Å². The van der Waals surface area contributed by atoms with E-state index >= 15 is 0 Å². The average Bonchev–Trinajstić information content (AvgIpc) is 2.73. The third-order valence-corrected chi connectivity index (χ3v) is 5.46. The van der Waals surface area contributed by atoms with Gasteiger partial charge in [-0.25, -0.2) is 9.78 Å². The van der Waals surface area contributed by atoms with Crippen LogP contribution >= 0.6 is 0 Å². The first kappa shape index (κ1) is 21.4. The second-order valence-electron chi connectivity index (χ2n) is 7.50. The molecular weight excluding hydrogens is 378 g/mol. The standard InChI is InChI=1S/C25H27NO4/c1-5-18-7-6-8-19(12-18)25-22(27)10-9-20(26-25)13-21-15(2)11-23(17(4)16(21)3)30-14-24(28)29/h6-12,27H,5,13-14H2,1-4H3,(H,28,29). The minimum atomic E-state index is -0.998. The van der Waals surface area contributed by atoms with Gasteiger partial charge in [0.15, 0.2) is 6.61 Å². The van der Waals surface area contributed by atoms with E-state index in [1.807, 2.05) is 45.0 Å². The normalized spacial score (nSPS) is 10.8. The predicted molar refractivity (Wildman–Crippen MR) is 117 cm³/mol. The molecule has 0 spiro atoms. The number of carboxylic acids is 1. The monoisotopic (exact) mass is 405 g/mol. The largest absolute Gasteiger partial charge is 0.506 e. The number of carboxylic acid groups (broad SMARTS) is 1. The lowest BCUT2D eigenvalue weighted by Gasteiger charge is -2.17. The molecule has 0 unspecified atom stereocenters. The molecule has 0 saturated heterocycles. The highest BCUT2D eigenvalue weighted by molar-refractivity contribution is 5.69. The summed E-state index contributed by atoms with van der Waals surface area (Å²) in [6.45, 7) is 7.67. The van der Waals surface area contributed by atoms with E-state index in [0.29, 0.717) is 17.9 Å². The number of rotatable bonds is 7. The van der Waals surface area contributed by atoms with Crippen molar-refractivity contribution in [1.82, 2.24) is 4.98 Å². The molecule has 0 aliphatic rings. The van der Waals surface area contributed by atoms with Crippen molar-refractivity contribution in [3.05, 3.63) is 76.0 Å². The molecule has 0 fully saturated rings. The minimum absolute atomic E-state index is 0.161. The molecule has 156 valence electrons. The van der Waals surface area contributed by atoms with Crippen LogP contribution in [0.15, 0.2) is 42.5 Å². The fraction of sp³-hybridized carbons (Fsp3) is 0.280. The van der Waals surface area contributed by atoms with Crippen molar-refractivity contribution < 1.29 is 19.7 Å². The summed E-state index contributed by atoms with van der Waals surface area (Å²) >= 11 is 0. The quantitative estimate of drug-likeness (QED) is 0.578. The van der Waals surface area contributed by atoms with Gasteiger partial charge in [-0.3, -0.25) is 0 Å². The number of hydrogen-bond donors (Lipinski definition) is 2. The second kappa shape index (κ2) is 8.99. The first-order chi connectivity index (χ1) is 14.3. The number of aromatic hydroxyl groups is 1. The van der Waals surface area contributed by atoms with Gasteiger partial charge in [0.25, 0.3) is 0 Å². The van der Waals surface area contributed by atoms with Gasteiger partial charge in [0, 0.05) is 17.7 Å². The SMILES string of the molecule is CCc1cccc(-c2nc(Cc3c(C)cc(OCC(=O)O)c(C)c3C)ccc2O)c1. The zero-order valence-corrected chi connectivity index (χ0v) is 17.8. The molecule has 5 nitrogen and oxygen atoms in total. The van der Waals surface area contributed by atoms with Crippen LogP contribution in [-0.2, 0) is 17.6 Å². The fourth-order valence-corrected chi connectivity index (χ4v) is 3.58. The van der Waals surface area contributed by atoms with Gasteiger partial charge in [-0.05, 0) is 79.3 Å². The fourth-order valence-electron chi connectivity index (χ4n) is 3.58. The lowest BCUT2D eigenvalue weighted by atomic mass is 9.93. The number of aryl methyl sites for hydroxylation is 2. The van der Waals surface area contributed by atoms with Gasteiger partial charge < -0.3 is 14.9 Å². The van der Waals surface area contributed by atoms with Gasteiger partial charge in [-0.2, -0.15) is 0 Å². The highest BCUT2D eigenvalue weighted by atomic mass is 16.5. The van der Waals surface area contributed by atoms with Crippen molar-refractivity contribution in [3.63, 3.8) is 0 Å². The molecule has 0 aliphatic carbocycles. The van der Waals surface area contributed by atoms with Crippen molar-refractivity contribution in [2.45, 2.75) is 40.5 Å². The van der Waals surface area contributed by atoms with Crippen molar-refractivity contribution in [2.75, 3.05) is 6.61 Å². The number of nitrogens with zero attached hydrogens (tertiary/aromatic N) is 1. The molecule has 0 aliphatic heterocycles. The van der Waals surface area contributed by atoms with Crippen molar-refractivity contribution in [1.29, 1.82) is 0 Å². The number of carbonyl (C=O) groups is 1. The van der Waals surface area contributed by atoms with Crippen LogP contribution in [-0.4, -0.2) is 27.8 Å². The predicted octanol–water partition coefficient (Wildman–Crippen LogP) is 5.00. The summed E-state index contributed by atoms with van der Waals surface area (Å²) in [5.74, 6) is -0.248. The molecule has 0 bridgehead atoms. The zero-order chi connectivity index (χ0) is 21.8. The van der Waals surface area contributed by atoms with Crippen LogP contribution in [0.1, 0.15) is 40.4 Å². The number of aliphatic carboxylic acids is 1. The summed E-state index contributed by atoms with van der Waals surface area (Å²) < 4.78 is 5.43. The maximum absolute atomic E-state index is 10.8. The van der Waals surface area contributed by atoms with Crippen molar-refractivity contribution in [2.24, 2.45) is 0 Å². The van der Waals surface area contributed by atoms with Gasteiger partial charge in [0.1, 0.15) is 17.2 Å². The summed E-state index contributed by atoms with van der Waals surface area (Å²) in [5.41, 5.74) is 7.65. The van der Waals surface area contributed by atoms with E-state index in [1.54, 1.807) is 6.07 Å². The second-order valence-corrected chi connectivity index (χ2v) is 7.50. The summed E-state index contributed by atoms with van der Waals surface area (Å²) in [5, 5.41) is 19.3. The molecule has 2 aromatic carbocycles. The van der Waals surface area contributed by atoms with Crippen LogP contribution in [0, 0.1) is 20.8 Å². The van der Waals surface area contributed by atoms with Gasteiger partial charge >= 0.3 is 5.97 Å². The molecule has 1 aromatic heterocycles. The van der Waals surface area contributed by atoms with E-state index in [-0.39, 0.29) is 12.4 Å². The summed E-state index contributed by atoms with van der Waals surface area (Å²) in [6, 6.07) is 13.5. The minimum Gasteiger partial charge on any atom is -0.506 e. The van der Waals surface area contributed by atoms with E-state index in [1.165, 1.54) is 5.56 Å². The molecule has 0 amide bonds. The van der Waals surface area contributed by atoms with Crippen LogP contribution in [0.4, 0.5) is 0 Å². The molecule has 3 rings (SSSR count). The number of ether oxygens (including phenoxy) is 1. The van der Waals surface area contributed by atoms with Crippen LogP contribution in [0.3, 0.4) is 0 Å². The maximum Gasteiger partial charge on any atom is 0.341 e. The lowest BCUT2D eigenvalue weighted by molar-refractivity contribution is -0.139. The molecule has 5 heteroatoms. The van der Waals surface area contributed by atoms with E-state index in [0.717, 1.165) is 39.9 Å². The number of pyridine rings is 1. The summed E-state index contributed by atoms with van der Waals surface area (Å²) in [4.78, 5) is 15.6. The van der Waals surface area contributed by atoms with Gasteiger partial charge in [0.05, 0.1) is 0 Å². The smallest absolute Gasteiger partial charge is 0.341 e. The van der Waals surface area contributed by atoms with E-state index in [4.69, 9.17) is 14.8 Å². The maximum atomic E-state index is 10.8. The highest BCUT2D eigenvalue weighted by Gasteiger charge is 2.15. The Morgan fingerprint density at radius 3 is 2.53 bits per heavy atom. The zero-order valence-electron chi connectivity index (χ0n) is 17.8. The van der Waals surface area contributed by atoms with Gasteiger partial charge in [-0.1, -0.05) is 25.1 Å². The van der Waals surface area contributed by atoms with Crippen LogP contribution < -0.4 is 4.74 Å². The molecular formula is C25H27NO4. The van der Waals surface area contributed by atoms with Crippen molar-refractivity contribution in [3.8, 4) is 22.8 Å². The van der Waals surface area contributed by atoms with Gasteiger partial charge in [0.2, 0.25) is 0 Å². The third kappa shape index (κ3) is 4.62. The van der Waals surface area contributed by atoms with E-state index in [2.05, 4.69) is 19.1 Å². The first-order valence-corrected chi connectivity index (χ1v) is 10.0. The highest BCUT2D eigenvalue weighted by Crippen LogP contribution is 2.32. The Morgan fingerprint density at radius 1 is 1.07 bits per heavy atom. The van der Waals surface area contributed by atoms with E-state index < -0.39 is 5.97 Å². The Hall–Kier alpha value is -3.34. The van der Waals surface area contributed by atoms with Crippen LogP contribution in [0.25, 0.3) is 11.3 Å². The number of aromatic nitrogens is 1. The van der Waals surface area contributed by atoms with Crippen LogP contribution in [0.2, 0.25) is 0 Å². The Bertz CT molecular complexity index is 1090. The molecule has 0 atom stereocenters. The third-order valence-electron chi connectivity index (χ3n) is 5.46. The molecule has 1 heterocycles. The average molecular weight is 405 g/mol. The molecule has 30 heavy (non-hydrogen) atoms. The van der Waals surface area contributed by atoms with Gasteiger partial charge in [-0.15, -0.1) is 0 Å². The molecule has 0 radical (unpaired) electrons. The molecule has 2 N–H and O–H groups in total. The summed E-state index contributed by atoms with van der Waals surface area (Å²) in [7, 11) is 0. The summed E-state index contributed by atoms with van der Waals surface area (Å²) in [6.07, 6.45) is 1.53. The number of benzene rings is 2. The number of hydrogen-bond acceptors (Lipinski definition) is 4. The van der Waals surface area contributed by atoms with Crippen molar-refractivity contribution >= 4 is 5.97 Å². The Balaban J connectivity index is 1.95. The molecule has 3 aromatic rings. The Kier molecular flexibility index (Phi) is 6.40. The molecule has 0 saturated carbocycles. The lowest BCUT2D eigenvalue weighted by Crippen LogP contribution is -2.11. The Labute approximate surface area is 177 Å². The first-order valence-electron chi connectivity index (χ1n) is 10.0. The topological polar surface area (TPSA) is 79.7 Å².